The third kappa shape index (κ3) is 3.69. The van der Waals surface area contributed by atoms with Crippen LogP contribution in [0.25, 0.3) is 5.69 Å². The lowest BCUT2D eigenvalue weighted by Crippen LogP contribution is -2.36. The Labute approximate surface area is 140 Å². The van der Waals surface area contributed by atoms with Crippen molar-refractivity contribution in [3.05, 3.63) is 70.9 Å². The van der Waals surface area contributed by atoms with Crippen molar-refractivity contribution in [1.29, 1.82) is 0 Å². The predicted molar refractivity (Wildman–Crippen MR) is 93.9 cm³/mol. The first-order chi connectivity index (χ1) is 11.1. The Morgan fingerprint density at radius 3 is 2.70 bits per heavy atom. The van der Waals surface area contributed by atoms with Crippen LogP contribution in [0.15, 0.2) is 59.8 Å². The maximum Gasteiger partial charge on any atom is 0.100 e. The molecule has 5 heteroatoms. The summed E-state index contributed by atoms with van der Waals surface area (Å²) in [4.78, 5) is 4.06. The molecule has 2 aromatic heterocycles. The van der Waals surface area contributed by atoms with Gasteiger partial charge in [0.15, 0.2) is 0 Å². The van der Waals surface area contributed by atoms with Gasteiger partial charge in [-0.05, 0) is 53.9 Å². The third-order valence-electron chi connectivity index (χ3n) is 4.09. The fourth-order valence-corrected chi connectivity index (χ4v) is 3.27. The van der Waals surface area contributed by atoms with Crippen molar-refractivity contribution in [3.8, 4) is 5.69 Å². The Hall–Kier alpha value is -1.95. The molecule has 3 rings (SSSR count). The van der Waals surface area contributed by atoms with Crippen LogP contribution in [0.4, 0.5) is 0 Å². The van der Waals surface area contributed by atoms with Crippen LogP contribution in [0.2, 0.25) is 0 Å². The Bertz CT molecular complexity index is 718. The molecule has 0 radical (unpaired) electrons. The second kappa shape index (κ2) is 6.66. The van der Waals surface area contributed by atoms with Gasteiger partial charge in [0.1, 0.15) is 5.60 Å². The molecule has 2 heterocycles. The van der Waals surface area contributed by atoms with Crippen LogP contribution in [0.1, 0.15) is 31.0 Å². The molecule has 0 saturated heterocycles. The quantitative estimate of drug-likeness (QED) is 0.728. The minimum Gasteiger partial charge on any atom is -0.384 e. The Morgan fingerprint density at radius 2 is 2.09 bits per heavy atom. The molecule has 1 aromatic carbocycles. The van der Waals surface area contributed by atoms with Crippen molar-refractivity contribution < 1.29 is 5.11 Å². The normalized spacial score (nSPS) is 15.3. The largest absolute Gasteiger partial charge is 0.384 e. The van der Waals surface area contributed by atoms with Gasteiger partial charge in [0.05, 0.1) is 6.33 Å². The van der Waals surface area contributed by atoms with Crippen molar-refractivity contribution in [2.45, 2.75) is 25.5 Å². The summed E-state index contributed by atoms with van der Waals surface area (Å²) in [5.41, 5.74) is 2.38. The Balaban J connectivity index is 1.63. The lowest BCUT2D eigenvalue weighted by Gasteiger charge is -2.25. The number of benzene rings is 1. The summed E-state index contributed by atoms with van der Waals surface area (Å²) >= 11 is 1.60. The molecular formula is C18H21N3OS. The second-order valence-electron chi connectivity index (χ2n) is 5.95. The topological polar surface area (TPSA) is 50.1 Å². The third-order valence-corrected chi connectivity index (χ3v) is 4.77. The fourth-order valence-electron chi connectivity index (χ4n) is 2.49. The molecule has 3 aromatic rings. The first-order valence-corrected chi connectivity index (χ1v) is 8.57. The highest BCUT2D eigenvalue weighted by Gasteiger charge is 2.24. The molecule has 4 nitrogen and oxygen atoms in total. The molecule has 0 spiro atoms. The average Bonchev–Trinajstić information content (AvgIpc) is 3.26. The van der Waals surface area contributed by atoms with Crippen molar-refractivity contribution in [2.24, 2.45) is 0 Å². The summed E-state index contributed by atoms with van der Waals surface area (Å²) in [5.74, 6) is 0. The monoisotopic (exact) mass is 327 g/mol. The molecule has 0 saturated carbocycles. The minimum atomic E-state index is -0.856. The molecule has 2 atom stereocenters. The number of aromatic nitrogens is 2. The van der Waals surface area contributed by atoms with E-state index in [0.29, 0.717) is 6.54 Å². The molecule has 0 unspecified atom stereocenters. The number of rotatable bonds is 6. The smallest absolute Gasteiger partial charge is 0.100 e. The van der Waals surface area contributed by atoms with Crippen LogP contribution in [-0.4, -0.2) is 21.2 Å². The van der Waals surface area contributed by atoms with Gasteiger partial charge in [-0.2, -0.15) is 11.3 Å². The van der Waals surface area contributed by atoms with Crippen LogP contribution < -0.4 is 5.32 Å². The van der Waals surface area contributed by atoms with Crippen LogP contribution in [0, 0.1) is 0 Å². The van der Waals surface area contributed by atoms with Crippen LogP contribution in [-0.2, 0) is 5.60 Å². The summed E-state index contributed by atoms with van der Waals surface area (Å²) in [7, 11) is 0. The molecule has 0 aliphatic heterocycles. The van der Waals surface area contributed by atoms with Crippen molar-refractivity contribution in [2.75, 3.05) is 6.54 Å². The molecule has 0 bridgehead atoms. The maximum atomic E-state index is 10.6. The summed E-state index contributed by atoms with van der Waals surface area (Å²) in [6.45, 7) is 4.46. The second-order valence-corrected chi connectivity index (χ2v) is 6.73. The molecule has 0 fully saturated rings. The summed E-state index contributed by atoms with van der Waals surface area (Å²) in [6.07, 6.45) is 5.48. The molecule has 0 amide bonds. The van der Waals surface area contributed by atoms with Gasteiger partial charge in [0.2, 0.25) is 0 Å². The number of nitrogens with zero attached hydrogens (tertiary/aromatic N) is 2. The van der Waals surface area contributed by atoms with E-state index in [1.54, 1.807) is 23.9 Å². The first-order valence-electron chi connectivity index (χ1n) is 7.63. The summed E-state index contributed by atoms with van der Waals surface area (Å²) in [5, 5.41) is 18.0. The van der Waals surface area contributed by atoms with Gasteiger partial charge in [0.25, 0.3) is 0 Å². The highest BCUT2D eigenvalue weighted by molar-refractivity contribution is 7.08. The number of aliphatic hydroxyl groups is 1. The number of thiophene rings is 1. The van der Waals surface area contributed by atoms with Crippen molar-refractivity contribution in [1.82, 2.24) is 14.9 Å². The van der Waals surface area contributed by atoms with E-state index in [9.17, 15) is 5.11 Å². The Kier molecular flexibility index (Phi) is 4.61. The van der Waals surface area contributed by atoms with Gasteiger partial charge in [0, 0.05) is 30.7 Å². The van der Waals surface area contributed by atoms with E-state index < -0.39 is 5.60 Å². The van der Waals surface area contributed by atoms with E-state index in [1.807, 2.05) is 34.5 Å². The number of hydrogen-bond donors (Lipinski definition) is 2. The van der Waals surface area contributed by atoms with Crippen LogP contribution >= 0.6 is 11.3 Å². The van der Waals surface area contributed by atoms with E-state index in [0.717, 1.165) is 11.3 Å². The van der Waals surface area contributed by atoms with Gasteiger partial charge in [-0.15, -0.1) is 0 Å². The zero-order valence-corrected chi connectivity index (χ0v) is 14.1. The van der Waals surface area contributed by atoms with E-state index >= 15 is 0 Å². The molecule has 0 aliphatic carbocycles. The minimum absolute atomic E-state index is 0.164. The van der Waals surface area contributed by atoms with Gasteiger partial charge in [-0.3, -0.25) is 0 Å². The van der Waals surface area contributed by atoms with Crippen molar-refractivity contribution in [3.63, 3.8) is 0 Å². The van der Waals surface area contributed by atoms with Gasteiger partial charge >= 0.3 is 0 Å². The lowest BCUT2D eigenvalue weighted by atomic mass is 9.98. The molecular weight excluding hydrogens is 306 g/mol. The fraction of sp³-hybridized carbons (Fsp3) is 0.278. The van der Waals surface area contributed by atoms with Crippen molar-refractivity contribution >= 4 is 11.3 Å². The molecule has 23 heavy (non-hydrogen) atoms. The van der Waals surface area contributed by atoms with E-state index in [1.165, 1.54) is 5.56 Å². The molecule has 120 valence electrons. The van der Waals surface area contributed by atoms with E-state index in [-0.39, 0.29) is 6.04 Å². The maximum absolute atomic E-state index is 10.6. The lowest BCUT2D eigenvalue weighted by molar-refractivity contribution is 0.0548. The highest BCUT2D eigenvalue weighted by Crippen LogP contribution is 2.23. The van der Waals surface area contributed by atoms with Gasteiger partial charge < -0.3 is 15.0 Å². The standard InChI is InChI=1S/C18H21N3OS/c1-14(20-12-18(2,22)16-7-10-23-11-16)15-3-5-17(6-4-15)21-9-8-19-13-21/h3-11,13-14,20,22H,12H2,1-2H3/t14-,18+/m1/s1. The summed E-state index contributed by atoms with van der Waals surface area (Å²) < 4.78 is 1.98. The SMILES string of the molecule is C[C@@H](NC[C@](C)(O)c1ccsc1)c1ccc(-n2ccnc2)cc1. The van der Waals surface area contributed by atoms with E-state index in [4.69, 9.17) is 0 Å². The van der Waals surface area contributed by atoms with Gasteiger partial charge in [-0.25, -0.2) is 4.98 Å². The average molecular weight is 327 g/mol. The van der Waals surface area contributed by atoms with Crippen LogP contribution in [0.5, 0.6) is 0 Å². The zero-order valence-electron chi connectivity index (χ0n) is 13.3. The number of nitrogens with one attached hydrogen (secondary N) is 1. The summed E-state index contributed by atoms with van der Waals surface area (Å²) in [6, 6.07) is 10.5. The Morgan fingerprint density at radius 1 is 1.30 bits per heavy atom. The molecule has 0 aliphatic rings. The van der Waals surface area contributed by atoms with Gasteiger partial charge in [-0.1, -0.05) is 12.1 Å². The highest BCUT2D eigenvalue weighted by atomic mass is 32.1. The number of hydrogen-bond acceptors (Lipinski definition) is 4. The van der Waals surface area contributed by atoms with Crippen LogP contribution in [0.3, 0.4) is 0 Å². The number of imidazole rings is 1. The van der Waals surface area contributed by atoms with E-state index in [2.05, 4.69) is 41.5 Å². The molecule has 2 N–H and O–H groups in total. The zero-order chi connectivity index (χ0) is 16.3. The first kappa shape index (κ1) is 15.9. The predicted octanol–water partition coefficient (Wildman–Crippen LogP) is 3.49.